The highest BCUT2D eigenvalue weighted by atomic mass is 16.2. The Labute approximate surface area is 166 Å². The summed E-state index contributed by atoms with van der Waals surface area (Å²) in [5, 5.41) is 2.91. The van der Waals surface area contributed by atoms with Gasteiger partial charge in [0.05, 0.1) is 11.3 Å². The molecule has 1 aliphatic rings. The summed E-state index contributed by atoms with van der Waals surface area (Å²) in [4.78, 5) is 27.5. The van der Waals surface area contributed by atoms with Gasteiger partial charge < -0.3 is 16.0 Å². The first-order valence-corrected chi connectivity index (χ1v) is 9.76. The molecule has 2 amide bonds. The van der Waals surface area contributed by atoms with Crippen LogP contribution < -0.4 is 11.1 Å². The van der Waals surface area contributed by atoms with Crippen LogP contribution in [0.2, 0.25) is 0 Å². The largest absolute Gasteiger partial charge is 0.338 e. The van der Waals surface area contributed by atoms with Gasteiger partial charge in [0.2, 0.25) is 5.91 Å². The number of nitrogens with two attached hydrogens (primary N) is 1. The molecule has 0 spiro atoms. The number of para-hydroxylation sites is 1. The molecule has 3 rings (SSSR count). The highest BCUT2D eigenvalue weighted by Gasteiger charge is 2.36. The van der Waals surface area contributed by atoms with E-state index in [0.717, 1.165) is 0 Å². The number of hydrogen-bond acceptors (Lipinski definition) is 3. The number of amides is 2. The number of nitrogens with one attached hydrogen (secondary N) is 1. The van der Waals surface area contributed by atoms with Crippen molar-refractivity contribution in [2.75, 3.05) is 25.0 Å². The molecule has 1 heterocycles. The monoisotopic (exact) mass is 379 g/mol. The van der Waals surface area contributed by atoms with E-state index in [4.69, 9.17) is 5.73 Å². The van der Waals surface area contributed by atoms with Crippen LogP contribution in [0.25, 0.3) is 0 Å². The van der Waals surface area contributed by atoms with Crippen molar-refractivity contribution in [3.63, 3.8) is 0 Å². The second kappa shape index (κ2) is 8.15. The maximum Gasteiger partial charge on any atom is 0.255 e. The molecule has 2 aromatic carbocycles. The Bertz CT molecular complexity index is 842. The molecule has 0 saturated carbocycles. The fourth-order valence-corrected chi connectivity index (χ4v) is 3.61. The molecule has 1 aliphatic heterocycles. The number of hydrogen-bond donors (Lipinski definition) is 2. The lowest BCUT2D eigenvalue weighted by molar-refractivity contribution is -0.123. The Morgan fingerprint density at radius 1 is 1.04 bits per heavy atom. The van der Waals surface area contributed by atoms with E-state index < -0.39 is 5.41 Å². The Hall–Kier alpha value is -2.66. The van der Waals surface area contributed by atoms with Crippen LogP contribution in [0.1, 0.15) is 42.6 Å². The van der Waals surface area contributed by atoms with E-state index in [1.807, 2.05) is 56.0 Å². The summed E-state index contributed by atoms with van der Waals surface area (Å²) in [6.07, 6.45) is 0. The van der Waals surface area contributed by atoms with Gasteiger partial charge in [-0.3, -0.25) is 9.59 Å². The van der Waals surface area contributed by atoms with E-state index in [2.05, 4.69) is 17.4 Å². The Kier molecular flexibility index (Phi) is 5.84. The number of carbonyl (C=O) groups is 2. The van der Waals surface area contributed by atoms with Crippen LogP contribution in [0.5, 0.6) is 0 Å². The Balaban J connectivity index is 1.82. The van der Waals surface area contributed by atoms with Crippen molar-refractivity contribution in [1.29, 1.82) is 0 Å². The van der Waals surface area contributed by atoms with Crippen molar-refractivity contribution in [2.24, 2.45) is 17.1 Å². The molecule has 2 aromatic rings. The smallest absolute Gasteiger partial charge is 0.255 e. The molecule has 28 heavy (non-hydrogen) atoms. The van der Waals surface area contributed by atoms with Crippen LogP contribution in [-0.2, 0) is 4.79 Å². The van der Waals surface area contributed by atoms with Crippen molar-refractivity contribution >= 4 is 17.5 Å². The van der Waals surface area contributed by atoms with Crippen LogP contribution in [0, 0.1) is 11.3 Å². The number of rotatable bonds is 4. The molecule has 1 saturated heterocycles. The average molecular weight is 380 g/mol. The lowest BCUT2D eigenvalue weighted by atomic mass is 9.89. The molecule has 0 unspecified atom stereocenters. The second-order valence-electron chi connectivity index (χ2n) is 8.47. The van der Waals surface area contributed by atoms with Gasteiger partial charge in [0, 0.05) is 24.4 Å². The van der Waals surface area contributed by atoms with E-state index >= 15 is 0 Å². The van der Waals surface area contributed by atoms with E-state index in [0.29, 0.717) is 30.9 Å². The zero-order valence-electron chi connectivity index (χ0n) is 16.8. The average Bonchev–Trinajstić information content (AvgIpc) is 3.12. The topological polar surface area (TPSA) is 75.4 Å². The first-order valence-electron chi connectivity index (χ1n) is 9.76. The third kappa shape index (κ3) is 4.25. The van der Waals surface area contributed by atoms with Gasteiger partial charge in [-0.25, -0.2) is 0 Å². The van der Waals surface area contributed by atoms with Crippen LogP contribution >= 0.6 is 0 Å². The van der Waals surface area contributed by atoms with Crippen molar-refractivity contribution in [1.82, 2.24) is 4.90 Å². The summed E-state index contributed by atoms with van der Waals surface area (Å²) in [7, 11) is 0. The summed E-state index contributed by atoms with van der Waals surface area (Å²) >= 11 is 0. The highest BCUT2D eigenvalue weighted by molar-refractivity contribution is 6.04. The van der Waals surface area contributed by atoms with Crippen molar-refractivity contribution in [3.05, 3.63) is 65.7 Å². The van der Waals surface area contributed by atoms with Gasteiger partial charge >= 0.3 is 0 Å². The molecule has 2 atom stereocenters. The molecule has 5 heteroatoms. The van der Waals surface area contributed by atoms with Crippen LogP contribution in [0.15, 0.2) is 54.6 Å². The lowest BCUT2D eigenvalue weighted by Gasteiger charge is -2.21. The molecule has 0 bridgehead atoms. The molecule has 3 N–H and O–H groups in total. The molecule has 0 aliphatic carbocycles. The highest BCUT2D eigenvalue weighted by Crippen LogP contribution is 2.33. The third-order valence-electron chi connectivity index (χ3n) is 5.35. The molecular formula is C23H29N3O2. The summed E-state index contributed by atoms with van der Waals surface area (Å²) in [5.74, 6) is 0.270. The zero-order chi connectivity index (χ0) is 20.3. The third-order valence-corrected chi connectivity index (χ3v) is 5.35. The van der Waals surface area contributed by atoms with Crippen LogP contribution in [0.4, 0.5) is 5.69 Å². The maximum absolute atomic E-state index is 13.3. The molecule has 148 valence electrons. The van der Waals surface area contributed by atoms with Gasteiger partial charge in [-0.2, -0.15) is 0 Å². The van der Waals surface area contributed by atoms with Crippen molar-refractivity contribution < 1.29 is 9.59 Å². The fraction of sp³-hybridized carbons (Fsp3) is 0.391. The van der Waals surface area contributed by atoms with Gasteiger partial charge in [-0.15, -0.1) is 0 Å². The zero-order valence-corrected chi connectivity index (χ0v) is 16.8. The Morgan fingerprint density at radius 2 is 1.68 bits per heavy atom. The van der Waals surface area contributed by atoms with E-state index in [1.54, 1.807) is 12.1 Å². The molecular weight excluding hydrogens is 350 g/mol. The second-order valence-corrected chi connectivity index (χ2v) is 8.47. The normalized spacial score (nSPS) is 19.5. The van der Waals surface area contributed by atoms with Crippen molar-refractivity contribution in [3.8, 4) is 0 Å². The predicted molar refractivity (Wildman–Crippen MR) is 112 cm³/mol. The van der Waals surface area contributed by atoms with Gasteiger partial charge in [0.25, 0.3) is 5.91 Å². The summed E-state index contributed by atoms with van der Waals surface area (Å²) < 4.78 is 0. The van der Waals surface area contributed by atoms with Crippen LogP contribution in [0.3, 0.4) is 0 Å². The van der Waals surface area contributed by atoms with Gasteiger partial charge in [0.1, 0.15) is 0 Å². The molecule has 0 radical (unpaired) electrons. The molecule has 0 aromatic heterocycles. The number of benzene rings is 2. The Morgan fingerprint density at radius 3 is 2.32 bits per heavy atom. The number of nitrogens with zero attached hydrogens (tertiary/aromatic N) is 1. The molecule has 5 nitrogen and oxygen atoms in total. The summed E-state index contributed by atoms with van der Waals surface area (Å²) in [6, 6.07) is 17.4. The lowest BCUT2D eigenvalue weighted by Crippen LogP contribution is -2.32. The van der Waals surface area contributed by atoms with Gasteiger partial charge in [0.15, 0.2) is 0 Å². The fourth-order valence-electron chi connectivity index (χ4n) is 3.61. The SMILES string of the molecule is CC(C)(C)C(=O)Nc1ccccc1C(=O)N1C[C@@H](CN)[C@H](c2ccccc2)C1. The number of carbonyl (C=O) groups excluding carboxylic acids is 2. The summed E-state index contributed by atoms with van der Waals surface area (Å²) in [5.41, 5.74) is 7.76. The number of likely N-dealkylation sites (tertiary alicyclic amines) is 1. The summed E-state index contributed by atoms with van der Waals surface area (Å²) in [6.45, 7) is 7.34. The maximum atomic E-state index is 13.3. The first-order chi connectivity index (χ1) is 13.3. The molecule has 1 fully saturated rings. The quantitative estimate of drug-likeness (QED) is 0.854. The minimum Gasteiger partial charge on any atom is -0.338 e. The predicted octanol–water partition coefficient (Wildman–Crippen LogP) is 3.49. The number of anilines is 1. The van der Waals surface area contributed by atoms with Crippen LogP contribution in [-0.4, -0.2) is 36.3 Å². The van der Waals surface area contributed by atoms with E-state index in [-0.39, 0.29) is 23.7 Å². The van der Waals surface area contributed by atoms with E-state index in [1.165, 1.54) is 5.56 Å². The van der Waals surface area contributed by atoms with Gasteiger partial charge in [-0.05, 0) is 30.2 Å². The minimum atomic E-state index is -0.535. The first kappa shape index (κ1) is 20.1. The van der Waals surface area contributed by atoms with Gasteiger partial charge in [-0.1, -0.05) is 63.2 Å². The minimum absolute atomic E-state index is 0.0679. The van der Waals surface area contributed by atoms with Crippen molar-refractivity contribution in [2.45, 2.75) is 26.7 Å². The standard InChI is InChI=1S/C23H29N3O2/c1-23(2,3)22(28)25-20-12-8-7-11-18(20)21(27)26-14-17(13-24)19(15-26)16-9-5-4-6-10-16/h4-12,17,19H,13-15,24H2,1-3H3,(H,25,28)/t17-,19+/m1/s1. The van der Waals surface area contributed by atoms with E-state index in [9.17, 15) is 9.59 Å².